The Morgan fingerprint density at radius 1 is 1.33 bits per heavy atom. The second-order valence-electron chi connectivity index (χ2n) is 7.01. The average Bonchev–Trinajstić information content (AvgIpc) is 3.25. The summed E-state index contributed by atoms with van der Waals surface area (Å²) in [4.78, 5) is 15.2. The lowest BCUT2D eigenvalue weighted by atomic mass is 9.87. The molecule has 0 unspecified atom stereocenters. The molecule has 2 aromatic rings. The topological polar surface area (TPSA) is 88.9 Å². The highest BCUT2D eigenvalue weighted by atomic mass is 32.1. The Kier molecular flexibility index (Phi) is 5.12. The van der Waals surface area contributed by atoms with Crippen molar-refractivity contribution >= 4 is 17.3 Å². The zero-order valence-corrected chi connectivity index (χ0v) is 15.3. The maximum Gasteiger partial charge on any atom is 0.355 e. The number of carbonyl (C=O) groups is 1. The van der Waals surface area contributed by atoms with Crippen molar-refractivity contribution in [1.82, 2.24) is 4.98 Å². The molecule has 5 atom stereocenters. The van der Waals surface area contributed by atoms with Gasteiger partial charge in [-0.2, -0.15) is 0 Å². The number of ether oxygens (including phenoxy) is 2. The van der Waals surface area contributed by atoms with Crippen molar-refractivity contribution in [3.8, 4) is 5.75 Å². The fourth-order valence-corrected chi connectivity index (χ4v) is 4.86. The number of nitrogens with zero attached hydrogens (tertiary/aromatic N) is 1. The smallest absolute Gasteiger partial charge is 0.355 e. The molecule has 2 aliphatic rings. The molecular formula is C19H20FNO5S. The van der Waals surface area contributed by atoms with E-state index in [0.29, 0.717) is 23.8 Å². The first-order valence-corrected chi connectivity index (χ1v) is 9.80. The van der Waals surface area contributed by atoms with Gasteiger partial charge < -0.3 is 19.7 Å². The molecule has 2 heterocycles. The number of rotatable bonds is 5. The third-order valence-corrected chi connectivity index (χ3v) is 6.31. The Hall–Kier alpha value is -2.03. The van der Waals surface area contributed by atoms with Crippen LogP contribution in [0.25, 0.3) is 0 Å². The summed E-state index contributed by atoms with van der Waals surface area (Å²) in [6.07, 6.45) is 1.26. The van der Waals surface area contributed by atoms with E-state index in [0.717, 1.165) is 12.8 Å². The molecule has 2 N–H and O–H groups in total. The van der Waals surface area contributed by atoms with Crippen LogP contribution in [0.5, 0.6) is 5.75 Å². The van der Waals surface area contributed by atoms with Gasteiger partial charge in [-0.05, 0) is 43.0 Å². The minimum atomic E-state index is -1.04. The quantitative estimate of drug-likeness (QED) is 0.811. The summed E-state index contributed by atoms with van der Waals surface area (Å²) in [5.74, 6) is -0.656. The lowest BCUT2D eigenvalue weighted by Gasteiger charge is -2.33. The molecule has 27 heavy (non-hydrogen) atoms. The Morgan fingerprint density at radius 2 is 2.11 bits per heavy atom. The molecular weight excluding hydrogens is 373 g/mol. The first kappa shape index (κ1) is 18.3. The van der Waals surface area contributed by atoms with E-state index >= 15 is 0 Å². The van der Waals surface area contributed by atoms with Crippen LogP contribution in [-0.2, 0) is 4.74 Å². The molecule has 1 aliphatic carbocycles. The van der Waals surface area contributed by atoms with Gasteiger partial charge in [0, 0.05) is 17.7 Å². The lowest BCUT2D eigenvalue weighted by molar-refractivity contribution is -0.0811. The lowest BCUT2D eigenvalue weighted by Crippen LogP contribution is -2.33. The van der Waals surface area contributed by atoms with Crippen molar-refractivity contribution in [2.45, 2.75) is 37.6 Å². The van der Waals surface area contributed by atoms with E-state index in [1.54, 1.807) is 12.1 Å². The highest BCUT2D eigenvalue weighted by Crippen LogP contribution is 2.46. The van der Waals surface area contributed by atoms with Crippen LogP contribution in [0.1, 0.15) is 40.9 Å². The van der Waals surface area contributed by atoms with Gasteiger partial charge in [0.1, 0.15) is 22.7 Å². The van der Waals surface area contributed by atoms with Crippen molar-refractivity contribution < 1.29 is 28.9 Å². The third-order valence-electron chi connectivity index (χ3n) is 5.37. The minimum Gasteiger partial charge on any atom is -0.493 e. The van der Waals surface area contributed by atoms with Crippen LogP contribution in [0, 0.1) is 17.7 Å². The Labute approximate surface area is 159 Å². The second-order valence-corrected chi connectivity index (χ2v) is 7.90. The highest BCUT2D eigenvalue weighted by Gasteiger charge is 2.47. The van der Waals surface area contributed by atoms with Crippen molar-refractivity contribution in [2.24, 2.45) is 11.8 Å². The van der Waals surface area contributed by atoms with E-state index in [1.165, 1.54) is 28.8 Å². The molecule has 8 heteroatoms. The van der Waals surface area contributed by atoms with Gasteiger partial charge in [-0.15, -0.1) is 11.3 Å². The number of thiazole rings is 1. The number of aliphatic hydroxyl groups excluding tert-OH is 1. The maximum atomic E-state index is 13.0. The van der Waals surface area contributed by atoms with E-state index in [-0.39, 0.29) is 35.6 Å². The monoisotopic (exact) mass is 393 g/mol. The van der Waals surface area contributed by atoms with Crippen LogP contribution in [0.4, 0.5) is 4.39 Å². The molecule has 1 saturated carbocycles. The first-order chi connectivity index (χ1) is 13.0. The maximum absolute atomic E-state index is 13.0. The van der Waals surface area contributed by atoms with E-state index in [4.69, 9.17) is 14.6 Å². The number of hydrogen-bond acceptors (Lipinski definition) is 6. The predicted octanol–water partition coefficient (Wildman–Crippen LogP) is 3.28. The summed E-state index contributed by atoms with van der Waals surface area (Å²) in [7, 11) is 0. The molecule has 4 rings (SSSR count). The van der Waals surface area contributed by atoms with Gasteiger partial charge in [-0.25, -0.2) is 14.2 Å². The number of hydrogen-bond donors (Lipinski definition) is 2. The zero-order valence-electron chi connectivity index (χ0n) is 14.5. The van der Waals surface area contributed by atoms with Crippen LogP contribution in [0.3, 0.4) is 0 Å². The van der Waals surface area contributed by atoms with Crippen molar-refractivity contribution in [3.63, 3.8) is 0 Å². The molecule has 2 fully saturated rings. The molecule has 1 saturated heterocycles. The Balaban J connectivity index is 1.38. The van der Waals surface area contributed by atoms with Crippen LogP contribution in [0.2, 0.25) is 0 Å². The van der Waals surface area contributed by atoms with E-state index in [9.17, 15) is 14.3 Å². The summed E-state index contributed by atoms with van der Waals surface area (Å²) in [5.41, 5.74) is 0.0396. The molecule has 0 radical (unpaired) electrons. The SMILES string of the molecule is O=C(O)c1csc([C@H]2CC[C@@H]3[C@H](COc4ccc(F)cc4)[C@H](O)C[C@@H]3O2)n1. The number of aliphatic hydroxyl groups is 1. The number of carboxylic acid groups (broad SMARTS) is 1. The van der Waals surface area contributed by atoms with E-state index in [2.05, 4.69) is 4.98 Å². The van der Waals surface area contributed by atoms with E-state index < -0.39 is 12.1 Å². The number of aromatic nitrogens is 1. The molecule has 1 aromatic heterocycles. The van der Waals surface area contributed by atoms with Gasteiger partial charge in [0.25, 0.3) is 0 Å². The fraction of sp³-hybridized carbons (Fsp3) is 0.474. The second kappa shape index (κ2) is 7.53. The zero-order chi connectivity index (χ0) is 19.0. The average molecular weight is 393 g/mol. The molecule has 0 bridgehead atoms. The number of fused-ring (bicyclic) bond motifs is 1. The van der Waals surface area contributed by atoms with Crippen LogP contribution >= 0.6 is 11.3 Å². The summed E-state index contributed by atoms with van der Waals surface area (Å²) < 4.78 is 24.9. The van der Waals surface area contributed by atoms with Crippen LogP contribution in [0.15, 0.2) is 29.6 Å². The number of aromatic carboxylic acids is 1. The normalized spacial score (nSPS) is 30.1. The van der Waals surface area contributed by atoms with Crippen LogP contribution in [-0.4, -0.2) is 40.0 Å². The summed E-state index contributed by atoms with van der Waals surface area (Å²) in [6, 6.07) is 5.84. The van der Waals surface area contributed by atoms with Crippen molar-refractivity contribution in [2.75, 3.05) is 6.61 Å². The molecule has 0 amide bonds. The van der Waals surface area contributed by atoms with Crippen molar-refractivity contribution in [1.29, 1.82) is 0 Å². The minimum absolute atomic E-state index is 0.0396. The highest BCUT2D eigenvalue weighted by molar-refractivity contribution is 7.09. The molecule has 144 valence electrons. The summed E-state index contributed by atoms with van der Waals surface area (Å²) >= 11 is 1.29. The largest absolute Gasteiger partial charge is 0.493 e. The van der Waals surface area contributed by atoms with Gasteiger partial charge in [0.2, 0.25) is 0 Å². The number of halogens is 1. The summed E-state index contributed by atoms with van der Waals surface area (Å²) in [5, 5.41) is 21.7. The number of carboxylic acids is 1. The van der Waals surface area contributed by atoms with Gasteiger partial charge in [0.05, 0.1) is 18.8 Å². The number of benzene rings is 1. The Bertz CT molecular complexity index is 811. The Morgan fingerprint density at radius 3 is 2.81 bits per heavy atom. The predicted molar refractivity (Wildman–Crippen MR) is 95.4 cm³/mol. The van der Waals surface area contributed by atoms with Gasteiger partial charge in [-0.1, -0.05) is 0 Å². The van der Waals surface area contributed by atoms with Gasteiger partial charge in [-0.3, -0.25) is 0 Å². The van der Waals surface area contributed by atoms with Gasteiger partial charge in [0.15, 0.2) is 5.69 Å². The first-order valence-electron chi connectivity index (χ1n) is 8.92. The molecule has 1 aromatic carbocycles. The van der Waals surface area contributed by atoms with E-state index in [1.807, 2.05) is 0 Å². The van der Waals surface area contributed by atoms with Crippen molar-refractivity contribution in [3.05, 3.63) is 46.2 Å². The van der Waals surface area contributed by atoms with Crippen LogP contribution < -0.4 is 4.74 Å². The standard InChI is InChI=1S/C19H20FNO5S/c20-10-1-3-11(4-2-10)25-8-13-12-5-6-16(26-17(12)7-15(13)22)18-21-14(9-27-18)19(23)24/h1-4,9,12-13,15-17,22H,5-8H2,(H,23,24)/t12-,13+,15-,16-,17+/m1/s1. The summed E-state index contributed by atoms with van der Waals surface area (Å²) in [6.45, 7) is 0.350. The molecule has 0 spiro atoms. The molecule has 6 nitrogen and oxygen atoms in total. The molecule has 1 aliphatic heterocycles. The fourth-order valence-electron chi connectivity index (χ4n) is 4.00. The third kappa shape index (κ3) is 3.83. The van der Waals surface area contributed by atoms with Gasteiger partial charge >= 0.3 is 5.97 Å².